The summed E-state index contributed by atoms with van der Waals surface area (Å²) < 4.78 is 73.5. The van der Waals surface area contributed by atoms with Gasteiger partial charge in [0.1, 0.15) is 11.6 Å². The first kappa shape index (κ1) is 23.4. The van der Waals surface area contributed by atoms with Gasteiger partial charge < -0.3 is 14.4 Å². The number of sulfone groups is 1. The van der Waals surface area contributed by atoms with Crippen molar-refractivity contribution in [3.05, 3.63) is 71.8 Å². The smallest absolute Gasteiger partial charge is 0.192 e. The van der Waals surface area contributed by atoms with Crippen molar-refractivity contribution in [2.45, 2.75) is 23.8 Å². The molecule has 182 valence electrons. The molecule has 35 heavy (non-hydrogen) atoms. The zero-order chi connectivity index (χ0) is 24.9. The second kappa shape index (κ2) is 8.69. The van der Waals surface area contributed by atoms with E-state index in [-0.39, 0.29) is 27.9 Å². The van der Waals surface area contributed by atoms with Gasteiger partial charge in [-0.3, -0.25) is 0 Å². The van der Waals surface area contributed by atoms with E-state index in [0.717, 1.165) is 24.5 Å². The number of pyridine rings is 1. The maximum atomic E-state index is 14.5. The average molecular weight is 503 g/mol. The molecule has 1 N–H and O–H groups in total. The normalized spacial score (nSPS) is 15.1. The van der Waals surface area contributed by atoms with Gasteiger partial charge in [0.25, 0.3) is 0 Å². The topological polar surface area (TPSA) is 81.4 Å². The lowest BCUT2D eigenvalue weighted by Crippen LogP contribution is -2.17. The minimum absolute atomic E-state index is 0.117. The van der Waals surface area contributed by atoms with E-state index in [2.05, 4.69) is 4.98 Å². The first-order chi connectivity index (χ1) is 16.6. The highest BCUT2D eigenvalue weighted by Crippen LogP contribution is 2.46. The van der Waals surface area contributed by atoms with E-state index < -0.39 is 27.3 Å². The molecule has 0 unspecified atom stereocenters. The molecule has 0 saturated carbocycles. The van der Waals surface area contributed by atoms with Crippen LogP contribution >= 0.6 is 0 Å². The van der Waals surface area contributed by atoms with Gasteiger partial charge in [0, 0.05) is 66.2 Å². The quantitative estimate of drug-likeness (QED) is 0.419. The Morgan fingerprint density at radius 2 is 1.77 bits per heavy atom. The molecular formula is C25H21F3N2O4S. The Labute approximate surface area is 199 Å². The first-order valence-corrected chi connectivity index (χ1v) is 12.8. The fourth-order valence-corrected chi connectivity index (χ4v) is 5.24. The van der Waals surface area contributed by atoms with Crippen LogP contribution in [-0.2, 0) is 14.6 Å². The lowest BCUT2D eigenvalue weighted by Gasteiger charge is -2.25. The molecule has 0 amide bonds. The zero-order valence-electron chi connectivity index (χ0n) is 18.6. The van der Waals surface area contributed by atoms with Crippen LogP contribution in [0.15, 0.2) is 53.7 Å². The number of fused-ring (bicyclic) bond motifs is 1. The Balaban J connectivity index is 1.89. The zero-order valence-corrected chi connectivity index (χ0v) is 19.4. The Kier molecular flexibility index (Phi) is 5.80. The molecule has 10 heteroatoms. The van der Waals surface area contributed by atoms with Crippen molar-refractivity contribution in [3.63, 3.8) is 0 Å². The van der Waals surface area contributed by atoms with Crippen molar-refractivity contribution in [1.82, 2.24) is 9.55 Å². The van der Waals surface area contributed by atoms with Crippen LogP contribution in [0.4, 0.5) is 13.2 Å². The molecule has 0 atom stereocenters. The number of hydrogen-bond acceptors (Lipinski definition) is 5. The van der Waals surface area contributed by atoms with Crippen molar-refractivity contribution in [2.24, 2.45) is 0 Å². The van der Waals surface area contributed by atoms with Crippen molar-refractivity contribution in [2.75, 3.05) is 19.5 Å². The van der Waals surface area contributed by atoms with Crippen molar-refractivity contribution < 1.29 is 31.4 Å². The first-order valence-electron chi connectivity index (χ1n) is 10.9. The fourth-order valence-electron chi connectivity index (χ4n) is 4.68. The number of rotatable bonds is 4. The van der Waals surface area contributed by atoms with Gasteiger partial charge in [0.2, 0.25) is 0 Å². The summed E-state index contributed by atoms with van der Waals surface area (Å²) in [6, 6.07) is 8.53. The molecule has 3 heterocycles. The molecule has 4 aromatic rings. The monoisotopic (exact) mass is 502 g/mol. The Morgan fingerprint density at radius 3 is 2.40 bits per heavy atom. The minimum atomic E-state index is -3.54. The highest BCUT2D eigenvalue weighted by atomic mass is 32.2. The maximum absolute atomic E-state index is 14.5. The van der Waals surface area contributed by atoms with Gasteiger partial charge in [-0.1, -0.05) is 0 Å². The van der Waals surface area contributed by atoms with Gasteiger partial charge in [-0.25, -0.2) is 26.6 Å². The number of halogens is 3. The van der Waals surface area contributed by atoms with E-state index in [1.54, 1.807) is 10.6 Å². The van der Waals surface area contributed by atoms with E-state index in [9.17, 15) is 26.7 Å². The van der Waals surface area contributed by atoms with Crippen molar-refractivity contribution in [3.8, 4) is 22.6 Å². The molecule has 6 nitrogen and oxygen atoms in total. The number of hydrogen-bond donors (Lipinski definition) is 1. The number of ether oxygens (including phenoxy) is 1. The van der Waals surface area contributed by atoms with Crippen molar-refractivity contribution in [1.29, 1.82) is 0 Å². The molecule has 2 aromatic carbocycles. The summed E-state index contributed by atoms with van der Waals surface area (Å²) in [5, 5.41) is 11.0. The fraction of sp³-hybridized carbons (Fsp3) is 0.240. The van der Waals surface area contributed by atoms with Gasteiger partial charge in [-0.2, -0.15) is 0 Å². The Bertz CT molecular complexity index is 1540. The third kappa shape index (κ3) is 4.17. The molecule has 0 radical (unpaired) electrons. The number of aromatic nitrogens is 2. The molecule has 0 bridgehead atoms. The summed E-state index contributed by atoms with van der Waals surface area (Å²) in [6.07, 6.45) is 3.63. The third-order valence-corrected chi connectivity index (χ3v) is 7.23. The maximum Gasteiger partial charge on any atom is 0.192 e. The lowest BCUT2D eigenvalue weighted by molar-refractivity contribution is 0.0843. The van der Waals surface area contributed by atoms with E-state index in [0.29, 0.717) is 48.3 Å². The summed E-state index contributed by atoms with van der Waals surface area (Å²) in [5.74, 6) is -3.25. The predicted octanol–water partition coefficient (Wildman–Crippen LogP) is 5.11. The van der Waals surface area contributed by atoms with Gasteiger partial charge in [0.15, 0.2) is 26.5 Å². The van der Waals surface area contributed by atoms with E-state index in [1.165, 1.54) is 24.4 Å². The van der Waals surface area contributed by atoms with Crippen LogP contribution in [0.25, 0.3) is 27.7 Å². The number of phenolic OH excluding ortho intramolecular Hbond substituents is 1. The number of benzene rings is 2. The van der Waals surface area contributed by atoms with E-state index in [1.807, 2.05) is 0 Å². The van der Waals surface area contributed by atoms with Crippen LogP contribution in [-0.4, -0.2) is 42.5 Å². The molecule has 2 aromatic heterocycles. The van der Waals surface area contributed by atoms with Crippen molar-refractivity contribution >= 4 is 20.7 Å². The molecule has 1 aliphatic heterocycles. The van der Waals surface area contributed by atoms with Gasteiger partial charge in [-0.15, -0.1) is 0 Å². The average Bonchev–Trinajstić information content (AvgIpc) is 3.16. The molecule has 1 saturated heterocycles. The molecule has 1 aliphatic rings. The molecule has 0 spiro atoms. The SMILES string of the molecule is CS(=O)(=O)c1ccc(-c2c(C3CCOCC3)n(-c3ccc(F)c(F)c3)c3cc(F)cc(O)c23)cn1. The standard InChI is InChI=1S/C25H21F3N2O4S/c1-35(32,33)22-5-2-15(13-29-22)23-24-20(10-16(26)11-21(24)31)30(17-3-4-18(27)19(28)12-17)25(23)14-6-8-34-9-7-14/h2-5,10-14,31H,6-9H2,1H3. The Morgan fingerprint density at radius 1 is 1.03 bits per heavy atom. The summed E-state index contributed by atoms with van der Waals surface area (Å²) in [4.78, 5) is 4.09. The predicted molar refractivity (Wildman–Crippen MR) is 124 cm³/mol. The highest BCUT2D eigenvalue weighted by molar-refractivity contribution is 7.90. The van der Waals surface area contributed by atoms with Crippen LogP contribution in [0.3, 0.4) is 0 Å². The summed E-state index contributed by atoms with van der Waals surface area (Å²) >= 11 is 0. The van der Waals surface area contributed by atoms with Crippen LogP contribution in [0.2, 0.25) is 0 Å². The molecule has 1 fully saturated rings. The molecule has 0 aliphatic carbocycles. The van der Waals surface area contributed by atoms with Crippen LogP contribution < -0.4 is 0 Å². The van der Waals surface area contributed by atoms with Crippen LogP contribution in [0, 0.1) is 17.5 Å². The largest absolute Gasteiger partial charge is 0.507 e. The molecule has 5 rings (SSSR count). The lowest BCUT2D eigenvalue weighted by atomic mass is 9.90. The molecular weight excluding hydrogens is 481 g/mol. The van der Waals surface area contributed by atoms with E-state index in [4.69, 9.17) is 4.74 Å². The van der Waals surface area contributed by atoms with Crippen LogP contribution in [0.5, 0.6) is 5.75 Å². The number of phenols is 1. The van der Waals surface area contributed by atoms with Gasteiger partial charge in [0.05, 0.1) is 10.9 Å². The van der Waals surface area contributed by atoms with Gasteiger partial charge >= 0.3 is 0 Å². The highest BCUT2D eigenvalue weighted by Gasteiger charge is 2.30. The number of nitrogens with zero attached hydrogens (tertiary/aromatic N) is 2. The Hall–Kier alpha value is -3.37. The summed E-state index contributed by atoms with van der Waals surface area (Å²) in [6.45, 7) is 0.935. The second-order valence-electron chi connectivity index (χ2n) is 8.56. The number of aromatic hydroxyl groups is 1. The van der Waals surface area contributed by atoms with E-state index >= 15 is 0 Å². The van der Waals surface area contributed by atoms with Crippen LogP contribution in [0.1, 0.15) is 24.5 Å². The minimum Gasteiger partial charge on any atom is -0.507 e. The second-order valence-corrected chi connectivity index (χ2v) is 10.5. The third-order valence-electron chi connectivity index (χ3n) is 6.22. The van der Waals surface area contributed by atoms with Gasteiger partial charge in [-0.05, 0) is 43.2 Å². The summed E-state index contributed by atoms with van der Waals surface area (Å²) in [5.41, 5.74) is 2.17. The summed E-state index contributed by atoms with van der Waals surface area (Å²) in [7, 11) is -3.54.